The van der Waals surface area contributed by atoms with Gasteiger partial charge in [0.05, 0.1) is 29.8 Å². The lowest BCUT2D eigenvalue weighted by Crippen LogP contribution is -2.21. The van der Waals surface area contributed by atoms with Gasteiger partial charge in [-0.2, -0.15) is 0 Å². The zero-order valence-electron chi connectivity index (χ0n) is 12.1. The monoisotopic (exact) mass is 297 g/mol. The van der Waals surface area contributed by atoms with Crippen molar-refractivity contribution < 1.29 is 19.1 Å². The van der Waals surface area contributed by atoms with Crippen LogP contribution in [-0.2, 0) is 4.74 Å². The van der Waals surface area contributed by atoms with E-state index in [1.807, 2.05) is 18.2 Å². The van der Waals surface area contributed by atoms with Gasteiger partial charge in [0.2, 0.25) is 0 Å². The van der Waals surface area contributed by atoms with Crippen LogP contribution >= 0.6 is 0 Å². The molecule has 5 heteroatoms. The number of rotatable bonds is 3. The van der Waals surface area contributed by atoms with Crippen LogP contribution < -0.4 is 4.74 Å². The van der Waals surface area contributed by atoms with Crippen LogP contribution in [0.1, 0.15) is 45.9 Å². The van der Waals surface area contributed by atoms with Gasteiger partial charge >= 0.3 is 5.97 Å². The van der Waals surface area contributed by atoms with Crippen LogP contribution in [0.3, 0.4) is 0 Å². The van der Waals surface area contributed by atoms with Crippen molar-refractivity contribution in [2.24, 2.45) is 0 Å². The summed E-state index contributed by atoms with van der Waals surface area (Å²) in [5, 5.41) is 0. The number of esters is 1. The summed E-state index contributed by atoms with van der Waals surface area (Å²) in [6, 6.07) is 10.3. The normalized spacial score (nSPS) is 16.6. The Morgan fingerprint density at radius 3 is 2.95 bits per heavy atom. The molecule has 22 heavy (non-hydrogen) atoms. The number of Topliss-reactive ketones (excluding diaryl/α,β-unsaturated/α-hetero) is 1. The average molecular weight is 297 g/mol. The van der Waals surface area contributed by atoms with Gasteiger partial charge in [-0.3, -0.25) is 9.78 Å². The minimum absolute atomic E-state index is 0.0666. The Morgan fingerprint density at radius 1 is 1.36 bits per heavy atom. The van der Waals surface area contributed by atoms with E-state index in [0.29, 0.717) is 23.5 Å². The van der Waals surface area contributed by atoms with Crippen molar-refractivity contribution in [3.63, 3.8) is 0 Å². The van der Waals surface area contributed by atoms with Gasteiger partial charge in [-0.1, -0.05) is 6.07 Å². The second kappa shape index (κ2) is 5.97. The number of carbonyl (C=O) groups excluding carboxylic acids is 2. The van der Waals surface area contributed by atoms with Gasteiger partial charge < -0.3 is 9.47 Å². The van der Waals surface area contributed by atoms with Gasteiger partial charge in [0, 0.05) is 6.20 Å². The summed E-state index contributed by atoms with van der Waals surface area (Å²) < 4.78 is 10.8. The van der Waals surface area contributed by atoms with Crippen molar-refractivity contribution in [1.29, 1.82) is 0 Å². The van der Waals surface area contributed by atoms with Gasteiger partial charge in [0.25, 0.3) is 0 Å². The highest BCUT2D eigenvalue weighted by molar-refractivity contribution is 6.02. The predicted molar refractivity (Wildman–Crippen MR) is 79.0 cm³/mol. The number of fused-ring (bicyclic) bond motifs is 1. The molecule has 0 amide bonds. The highest BCUT2D eigenvalue weighted by Crippen LogP contribution is 2.34. The molecule has 0 saturated heterocycles. The Morgan fingerprint density at radius 2 is 2.23 bits per heavy atom. The van der Waals surface area contributed by atoms with Crippen LogP contribution in [-0.4, -0.2) is 23.3 Å². The molecule has 1 aromatic carbocycles. The predicted octanol–water partition coefficient (Wildman–Crippen LogP) is 2.96. The number of pyridine rings is 1. The topological polar surface area (TPSA) is 65.5 Å². The third kappa shape index (κ3) is 2.70. The lowest BCUT2D eigenvalue weighted by Gasteiger charge is -2.25. The summed E-state index contributed by atoms with van der Waals surface area (Å²) in [6.45, 7) is 2.03. The van der Waals surface area contributed by atoms with E-state index in [9.17, 15) is 9.59 Å². The van der Waals surface area contributed by atoms with E-state index in [0.717, 1.165) is 5.69 Å². The Hall–Kier alpha value is -2.69. The number of nitrogens with zero attached hydrogens (tertiary/aromatic N) is 1. The van der Waals surface area contributed by atoms with E-state index < -0.39 is 12.1 Å². The van der Waals surface area contributed by atoms with Crippen molar-refractivity contribution in [3.8, 4) is 5.75 Å². The maximum atomic E-state index is 12.3. The zero-order chi connectivity index (χ0) is 15.5. The number of aromatic nitrogens is 1. The average Bonchev–Trinajstić information content (AvgIpc) is 2.55. The smallest absolute Gasteiger partial charge is 0.338 e. The molecule has 0 bridgehead atoms. The Kier molecular flexibility index (Phi) is 3.87. The summed E-state index contributed by atoms with van der Waals surface area (Å²) in [7, 11) is 0. The Balaban J connectivity index is 1.89. The standard InChI is InChI=1S/C17H15NO4/c1-2-21-17(20)11-6-7-15-12(9-11)14(19)10-16(22-15)13-5-3-4-8-18-13/h3-9,16H,2,10H2,1H3. The van der Waals surface area contributed by atoms with E-state index in [1.54, 1.807) is 25.3 Å². The fourth-order valence-corrected chi connectivity index (χ4v) is 2.40. The first-order valence-electron chi connectivity index (χ1n) is 7.11. The van der Waals surface area contributed by atoms with Crippen LogP contribution in [0, 0.1) is 0 Å². The Labute approximate surface area is 127 Å². The van der Waals surface area contributed by atoms with Gasteiger partial charge in [0.1, 0.15) is 11.9 Å². The highest BCUT2D eigenvalue weighted by atomic mass is 16.5. The lowest BCUT2D eigenvalue weighted by atomic mass is 9.97. The van der Waals surface area contributed by atoms with E-state index in [1.165, 1.54) is 6.07 Å². The molecule has 1 aromatic heterocycles. The van der Waals surface area contributed by atoms with Crippen molar-refractivity contribution in [3.05, 3.63) is 59.4 Å². The number of carbonyl (C=O) groups is 2. The van der Waals surface area contributed by atoms with Gasteiger partial charge in [-0.05, 0) is 37.3 Å². The van der Waals surface area contributed by atoms with Crippen molar-refractivity contribution in [2.45, 2.75) is 19.4 Å². The number of benzene rings is 1. The molecule has 2 aromatic rings. The van der Waals surface area contributed by atoms with E-state index in [-0.39, 0.29) is 12.2 Å². The zero-order valence-corrected chi connectivity index (χ0v) is 12.1. The van der Waals surface area contributed by atoms with Crippen LogP contribution in [0.25, 0.3) is 0 Å². The largest absolute Gasteiger partial charge is 0.483 e. The third-order valence-corrected chi connectivity index (χ3v) is 3.45. The lowest BCUT2D eigenvalue weighted by molar-refractivity contribution is 0.0526. The number of hydrogen-bond acceptors (Lipinski definition) is 5. The molecule has 1 aliphatic rings. The molecule has 0 spiro atoms. The third-order valence-electron chi connectivity index (χ3n) is 3.45. The minimum Gasteiger partial charge on any atom is -0.483 e. The van der Waals surface area contributed by atoms with Crippen LogP contribution in [0.2, 0.25) is 0 Å². The molecule has 0 radical (unpaired) electrons. The maximum absolute atomic E-state index is 12.3. The SMILES string of the molecule is CCOC(=O)c1ccc2c(c1)C(=O)CC(c1ccccn1)O2. The molecule has 1 atom stereocenters. The van der Waals surface area contributed by atoms with E-state index in [2.05, 4.69) is 4.98 Å². The molecular weight excluding hydrogens is 282 g/mol. The fourth-order valence-electron chi connectivity index (χ4n) is 2.40. The van der Waals surface area contributed by atoms with Crippen molar-refractivity contribution in [1.82, 2.24) is 4.98 Å². The second-order valence-corrected chi connectivity index (χ2v) is 4.92. The minimum atomic E-state index is -0.440. The van der Waals surface area contributed by atoms with Crippen molar-refractivity contribution >= 4 is 11.8 Å². The number of ether oxygens (including phenoxy) is 2. The summed E-state index contributed by atoms with van der Waals surface area (Å²) in [5.74, 6) is -0.0343. The molecule has 112 valence electrons. The molecule has 0 fully saturated rings. The van der Waals surface area contributed by atoms with Gasteiger partial charge in [-0.25, -0.2) is 4.79 Å². The first-order valence-corrected chi connectivity index (χ1v) is 7.11. The summed E-state index contributed by atoms with van der Waals surface area (Å²) in [4.78, 5) is 28.3. The van der Waals surface area contributed by atoms with E-state index >= 15 is 0 Å². The summed E-state index contributed by atoms with van der Waals surface area (Å²) in [5.41, 5.74) is 1.49. The number of ketones is 1. The highest BCUT2D eigenvalue weighted by Gasteiger charge is 2.29. The Bertz CT molecular complexity index is 712. The van der Waals surface area contributed by atoms with E-state index in [4.69, 9.17) is 9.47 Å². The molecular formula is C17H15NO4. The van der Waals surface area contributed by atoms with Crippen molar-refractivity contribution in [2.75, 3.05) is 6.61 Å². The van der Waals surface area contributed by atoms with Crippen LogP contribution in [0.15, 0.2) is 42.6 Å². The first kappa shape index (κ1) is 14.3. The molecule has 2 heterocycles. The van der Waals surface area contributed by atoms with Gasteiger partial charge in [-0.15, -0.1) is 0 Å². The first-order chi connectivity index (χ1) is 10.7. The molecule has 5 nitrogen and oxygen atoms in total. The number of hydrogen-bond donors (Lipinski definition) is 0. The summed E-state index contributed by atoms with van der Waals surface area (Å²) >= 11 is 0. The molecule has 0 N–H and O–H groups in total. The van der Waals surface area contributed by atoms with Gasteiger partial charge in [0.15, 0.2) is 5.78 Å². The molecule has 1 aliphatic heterocycles. The quantitative estimate of drug-likeness (QED) is 0.815. The summed E-state index contributed by atoms with van der Waals surface area (Å²) in [6.07, 6.45) is 1.48. The molecule has 3 rings (SSSR count). The maximum Gasteiger partial charge on any atom is 0.338 e. The fraction of sp³-hybridized carbons (Fsp3) is 0.235. The second-order valence-electron chi connectivity index (χ2n) is 4.92. The van der Waals surface area contributed by atoms with Crippen LogP contribution in [0.4, 0.5) is 0 Å². The molecule has 1 unspecified atom stereocenters. The van der Waals surface area contributed by atoms with Crippen LogP contribution in [0.5, 0.6) is 5.75 Å². The molecule has 0 saturated carbocycles. The molecule has 0 aliphatic carbocycles.